The van der Waals surface area contributed by atoms with Crippen molar-refractivity contribution in [1.82, 2.24) is 15.0 Å². The molecule has 0 fully saturated rings. The summed E-state index contributed by atoms with van der Waals surface area (Å²) in [6.45, 7) is 25.4. The number of benzene rings is 2. The SMILES string of the molecule is C/C(=N\c1c(C)c(C)c(C)c(C)c1C)c1ncnc(/C(C)=N/c2c(C)c(C)c(C)c(C)c2C)n1. The molecular weight excluding hydrogens is 418 g/mol. The van der Waals surface area contributed by atoms with Crippen molar-refractivity contribution in [3.8, 4) is 0 Å². The minimum atomic E-state index is 0.568. The monoisotopic (exact) mass is 455 g/mol. The summed E-state index contributed by atoms with van der Waals surface area (Å²) in [5.41, 5.74) is 16.1. The van der Waals surface area contributed by atoms with Crippen molar-refractivity contribution in [3.63, 3.8) is 0 Å². The molecule has 0 saturated heterocycles. The normalized spacial score (nSPS) is 12.5. The van der Waals surface area contributed by atoms with E-state index in [1.54, 1.807) is 6.33 Å². The van der Waals surface area contributed by atoms with Gasteiger partial charge in [0.05, 0.1) is 22.8 Å². The molecule has 178 valence electrons. The average Bonchev–Trinajstić information content (AvgIpc) is 2.84. The van der Waals surface area contributed by atoms with Gasteiger partial charge in [0.1, 0.15) is 6.33 Å². The summed E-state index contributed by atoms with van der Waals surface area (Å²) in [5, 5.41) is 0. The Morgan fingerprint density at radius 1 is 0.471 bits per heavy atom. The largest absolute Gasteiger partial charge is 0.249 e. The van der Waals surface area contributed by atoms with Gasteiger partial charge in [0, 0.05) is 0 Å². The maximum absolute atomic E-state index is 4.96. The molecule has 34 heavy (non-hydrogen) atoms. The Labute approximate surface area is 204 Å². The lowest BCUT2D eigenvalue weighted by Gasteiger charge is -2.16. The molecule has 2 aromatic carbocycles. The Bertz CT molecular complexity index is 1200. The van der Waals surface area contributed by atoms with Crippen LogP contribution in [0.1, 0.15) is 81.1 Å². The fourth-order valence-corrected chi connectivity index (χ4v) is 4.38. The number of hydrogen-bond donors (Lipinski definition) is 0. The van der Waals surface area contributed by atoms with Crippen LogP contribution in [0.2, 0.25) is 0 Å². The number of aliphatic imine (C=N–C) groups is 2. The van der Waals surface area contributed by atoms with Crippen molar-refractivity contribution in [2.75, 3.05) is 0 Å². The Hall–Kier alpha value is -3.21. The second-order valence-corrected chi connectivity index (χ2v) is 9.47. The minimum absolute atomic E-state index is 0.568. The van der Waals surface area contributed by atoms with Crippen LogP contribution in [0, 0.1) is 69.2 Å². The second kappa shape index (κ2) is 9.57. The van der Waals surface area contributed by atoms with Gasteiger partial charge in [0.15, 0.2) is 11.6 Å². The van der Waals surface area contributed by atoms with Crippen molar-refractivity contribution in [3.05, 3.63) is 73.6 Å². The van der Waals surface area contributed by atoms with Crippen LogP contribution in [0.15, 0.2) is 16.3 Å². The molecule has 0 spiro atoms. The highest BCUT2D eigenvalue weighted by molar-refractivity contribution is 6.00. The lowest BCUT2D eigenvalue weighted by molar-refractivity contribution is 0.999. The highest BCUT2D eigenvalue weighted by Crippen LogP contribution is 2.34. The molecule has 1 aromatic heterocycles. The number of nitrogens with zero attached hydrogens (tertiary/aromatic N) is 5. The molecule has 0 aliphatic heterocycles. The number of hydrogen-bond acceptors (Lipinski definition) is 5. The van der Waals surface area contributed by atoms with E-state index in [0.717, 1.165) is 22.8 Å². The predicted octanol–water partition coefficient (Wildman–Crippen LogP) is 7.24. The standard InChI is InChI=1S/C29H37N5/c1-14-16(3)20(7)26(21(8)17(14)4)32-24(11)28-30-13-31-29(34-28)25(12)33-27-22(9)18(5)15(2)19(6)23(27)10/h13H,1-12H3/b32-24+,33-25+. The van der Waals surface area contributed by atoms with E-state index in [0.29, 0.717) is 11.6 Å². The fourth-order valence-electron chi connectivity index (χ4n) is 4.38. The molecule has 0 N–H and O–H groups in total. The van der Waals surface area contributed by atoms with Crippen LogP contribution in [0.25, 0.3) is 0 Å². The first kappa shape index (κ1) is 25.4. The first-order valence-electron chi connectivity index (χ1n) is 11.8. The van der Waals surface area contributed by atoms with Gasteiger partial charge in [-0.25, -0.2) is 24.9 Å². The lowest BCUT2D eigenvalue weighted by Crippen LogP contribution is -2.11. The zero-order chi connectivity index (χ0) is 25.5. The molecule has 0 unspecified atom stereocenters. The Morgan fingerprint density at radius 2 is 0.735 bits per heavy atom. The summed E-state index contributed by atoms with van der Waals surface area (Å²) in [7, 11) is 0. The van der Waals surface area contributed by atoms with E-state index < -0.39 is 0 Å². The molecule has 0 saturated carbocycles. The third kappa shape index (κ3) is 4.44. The van der Waals surface area contributed by atoms with Gasteiger partial charge in [0.2, 0.25) is 0 Å². The maximum Gasteiger partial charge on any atom is 0.177 e. The summed E-state index contributed by atoms with van der Waals surface area (Å²) >= 11 is 0. The van der Waals surface area contributed by atoms with Gasteiger partial charge in [-0.05, 0) is 139 Å². The number of aromatic nitrogens is 3. The van der Waals surface area contributed by atoms with Crippen molar-refractivity contribution in [1.29, 1.82) is 0 Å². The van der Waals surface area contributed by atoms with Gasteiger partial charge in [-0.3, -0.25) is 0 Å². The van der Waals surface area contributed by atoms with Crippen LogP contribution in [0.3, 0.4) is 0 Å². The average molecular weight is 456 g/mol. The van der Waals surface area contributed by atoms with Gasteiger partial charge in [-0.2, -0.15) is 0 Å². The highest BCUT2D eigenvalue weighted by atomic mass is 15.0. The molecule has 5 heteroatoms. The molecule has 5 nitrogen and oxygen atoms in total. The van der Waals surface area contributed by atoms with E-state index in [2.05, 4.69) is 79.2 Å². The van der Waals surface area contributed by atoms with Crippen LogP contribution in [-0.4, -0.2) is 26.4 Å². The van der Waals surface area contributed by atoms with Crippen LogP contribution in [-0.2, 0) is 0 Å². The van der Waals surface area contributed by atoms with E-state index in [4.69, 9.17) is 15.0 Å². The van der Waals surface area contributed by atoms with Crippen LogP contribution >= 0.6 is 0 Å². The first-order chi connectivity index (χ1) is 15.9. The van der Waals surface area contributed by atoms with E-state index in [1.807, 2.05) is 13.8 Å². The Kier molecular flexibility index (Phi) is 7.15. The van der Waals surface area contributed by atoms with Gasteiger partial charge in [-0.1, -0.05) is 0 Å². The molecule has 3 rings (SSSR count). The van der Waals surface area contributed by atoms with Crippen molar-refractivity contribution < 1.29 is 0 Å². The van der Waals surface area contributed by atoms with Crippen molar-refractivity contribution in [2.24, 2.45) is 9.98 Å². The van der Waals surface area contributed by atoms with E-state index in [1.165, 1.54) is 55.6 Å². The summed E-state index contributed by atoms with van der Waals surface area (Å²) < 4.78 is 0. The van der Waals surface area contributed by atoms with E-state index >= 15 is 0 Å². The lowest BCUT2D eigenvalue weighted by atomic mass is 9.93. The fraction of sp³-hybridized carbons (Fsp3) is 0.414. The van der Waals surface area contributed by atoms with E-state index in [9.17, 15) is 0 Å². The van der Waals surface area contributed by atoms with Gasteiger partial charge < -0.3 is 0 Å². The van der Waals surface area contributed by atoms with Crippen LogP contribution < -0.4 is 0 Å². The van der Waals surface area contributed by atoms with Crippen molar-refractivity contribution in [2.45, 2.75) is 83.1 Å². The Morgan fingerprint density at radius 3 is 1.03 bits per heavy atom. The van der Waals surface area contributed by atoms with Crippen LogP contribution in [0.4, 0.5) is 11.4 Å². The molecule has 0 aliphatic rings. The molecule has 0 atom stereocenters. The smallest absolute Gasteiger partial charge is 0.177 e. The molecule has 0 amide bonds. The van der Waals surface area contributed by atoms with Gasteiger partial charge >= 0.3 is 0 Å². The Balaban J connectivity index is 2.08. The molecule has 0 radical (unpaired) electrons. The quantitative estimate of drug-likeness (QED) is 0.390. The van der Waals surface area contributed by atoms with E-state index in [-0.39, 0.29) is 0 Å². The highest BCUT2D eigenvalue weighted by Gasteiger charge is 2.15. The third-order valence-electron chi connectivity index (χ3n) is 7.70. The molecular formula is C29H37N5. The summed E-state index contributed by atoms with van der Waals surface area (Å²) in [6, 6.07) is 0. The zero-order valence-electron chi connectivity index (χ0n) is 22.8. The molecule has 1 heterocycles. The number of rotatable bonds is 4. The van der Waals surface area contributed by atoms with Crippen LogP contribution in [0.5, 0.6) is 0 Å². The summed E-state index contributed by atoms with van der Waals surface area (Å²) in [5.74, 6) is 1.14. The molecule has 0 bridgehead atoms. The summed E-state index contributed by atoms with van der Waals surface area (Å²) in [4.78, 5) is 23.5. The van der Waals surface area contributed by atoms with Gasteiger partial charge in [0.25, 0.3) is 0 Å². The molecule has 0 aliphatic carbocycles. The van der Waals surface area contributed by atoms with Gasteiger partial charge in [-0.15, -0.1) is 0 Å². The zero-order valence-corrected chi connectivity index (χ0v) is 22.8. The first-order valence-corrected chi connectivity index (χ1v) is 11.8. The third-order valence-corrected chi connectivity index (χ3v) is 7.70. The second-order valence-electron chi connectivity index (χ2n) is 9.47. The topological polar surface area (TPSA) is 63.4 Å². The van der Waals surface area contributed by atoms with Crippen molar-refractivity contribution >= 4 is 22.8 Å². The summed E-state index contributed by atoms with van der Waals surface area (Å²) in [6.07, 6.45) is 1.55. The maximum atomic E-state index is 4.96. The predicted molar refractivity (Wildman–Crippen MR) is 144 cm³/mol. The molecule has 3 aromatic rings. The minimum Gasteiger partial charge on any atom is -0.249 e.